The molecule has 1 heterocycles. The summed E-state index contributed by atoms with van der Waals surface area (Å²) >= 11 is 0. The Morgan fingerprint density at radius 3 is 2.47 bits per heavy atom. The normalized spacial score (nSPS) is 10.5. The number of benzene rings is 1. The molecule has 0 saturated heterocycles. The molecule has 3 heteroatoms. The molecule has 0 unspecified atom stereocenters. The first-order valence-corrected chi connectivity index (χ1v) is 6.35. The van der Waals surface area contributed by atoms with Crippen molar-refractivity contribution in [3.8, 4) is 0 Å². The zero-order chi connectivity index (χ0) is 14.0. The van der Waals surface area contributed by atoms with Gasteiger partial charge in [0.1, 0.15) is 11.5 Å². The summed E-state index contributed by atoms with van der Waals surface area (Å²) in [6, 6.07) is 9.69. The molecule has 1 aromatic heterocycles. The van der Waals surface area contributed by atoms with Gasteiger partial charge in [0.05, 0.1) is 6.54 Å². The molecule has 2 rings (SSSR count). The van der Waals surface area contributed by atoms with Gasteiger partial charge < -0.3 is 9.32 Å². The maximum atomic E-state index is 12.4. The fourth-order valence-electron chi connectivity index (χ4n) is 2.13. The maximum absolute atomic E-state index is 12.4. The van der Waals surface area contributed by atoms with Crippen molar-refractivity contribution in [2.75, 3.05) is 7.05 Å². The van der Waals surface area contributed by atoms with E-state index in [1.54, 1.807) is 11.9 Å². The van der Waals surface area contributed by atoms with Crippen molar-refractivity contribution in [3.05, 3.63) is 58.5 Å². The second-order valence-electron chi connectivity index (χ2n) is 4.99. The number of furan rings is 1. The molecule has 0 radical (unpaired) electrons. The topological polar surface area (TPSA) is 33.5 Å². The van der Waals surface area contributed by atoms with E-state index in [1.807, 2.05) is 51.1 Å². The lowest BCUT2D eigenvalue weighted by Crippen LogP contribution is -2.26. The predicted octanol–water partition coefficient (Wildman–Crippen LogP) is 3.48. The average molecular weight is 257 g/mol. The standard InChI is InChI=1S/C16H19NO2/c1-11-5-8-15(12(2)9-11)16(18)17(4)10-14-7-6-13(3)19-14/h5-9H,10H2,1-4H3. The van der Waals surface area contributed by atoms with Gasteiger partial charge in [0, 0.05) is 12.6 Å². The number of aryl methyl sites for hydroxylation is 3. The lowest BCUT2D eigenvalue weighted by Gasteiger charge is -2.17. The van der Waals surface area contributed by atoms with Crippen LogP contribution in [-0.2, 0) is 6.54 Å². The Balaban J connectivity index is 2.14. The van der Waals surface area contributed by atoms with Gasteiger partial charge in [-0.3, -0.25) is 4.79 Å². The highest BCUT2D eigenvalue weighted by Gasteiger charge is 2.15. The first kappa shape index (κ1) is 13.4. The molecule has 0 spiro atoms. The Labute approximate surface area is 113 Å². The van der Waals surface area contributed by atoms with Gasteiger partial charge in [-0.1, -0.05) is 17.7 Å². The molecule has 1 aromatic carbocycles. The lowest BCUT2D eigenvalue weighted by atomic mass is 10.0. The second kappa shape index (κ2) is 5.31. The highest BCUT2D eigenvalue weighted by Crippen LogP contribution is 2.15. The molecule has 0 bridgehead atoms. The second-order valence-corrected chi connectivity index (χ2v) is 4.99. The van der Waals surface area contributed by atoms with Gasteiger partial charge in [-0.15, -0.1) is 0 Å². The average Bonchev–Trinajstić information content (AvgIpc) is 2.74. The van der Waals surface area contributed by atoms with Gasteiger partial charge in [-0.25, -0.2) is 0 Å². The Morgan fingerprint density at radius 1 is 1.16 bits per heavy atom. The highest BCUT2D eigenvalue weighted by atomic mass is 16.3. The van der Waals surface area contributed by atoms with Crippen LogP contribution in [0.3, 0.4) is 0 Å². The van der Waals surface area contributed by atoms with E-state index in [9.17, 15) is 4.79 Å². The van der Waals surface area contributed by atoms with Crippen LogP contribution in [0.1, 0.15) is 33.0 Å². The van der Waals surface area contributed by atoms with Gasteiger partial charge in [-0.05, 0) is 44.5 Å². The molecule has 3 nitrogen and oxygen atoms in total. The summed E-state index contributed by atoms with van der Waals surface area (Å²) in [4.78, 5) is 14.0. The third-order valence-corrected chi connectivity index (χ3v) is 3.15. The Bertz CT molecular complexity index is 599. The highest BCUT2D eigenvalue weighted by molar-refractivity contribution is 5.95. The summed E-state index contributed by atoms with van der Waals surface area (Å²) in [5.41, 5.74) is 2.92. The van der Waals surface area contributed by atoms with Crippen molar-refractivity contribution in [3.63, 3.8) is 0 Å². The molecule has 0 aliphatic heterocycles. The molecule has 1 amide bonds. The van der Waals surface area contributed by atoms with E-state index in [-0.39, 0.29) is 5.91 Å². The molecular weight excluding hydrogens is 238 g/mol. The van der Waals surface area contributed by atoms with Crippen molar-refractivity contribution in [1.29, 1.82) is 0 Å². The number of hydrogen-bond acceptors (Lipinski definition) is 2. The summed E-state index contributed by atoms with van der Waals surface area (Å²) in [6.45, 7) is 6.37. The van der Waals surface area contributed by atoms with Crippen molar-refractivity contribution >= 4 is 5.91 Å². The van der Waals surface area contributed by atoms with Gasteiger partial charge in [0.25, 0.3) is 5.91 Å². The first-order chi connectivity index (χ1) is 8.97. The van der Waals surface area contributed by atoms with E-state index in [0.29, 0.717) is 6.54 Å². The molecule has 0 saturated carbocycles. The van der Waals surface area contributed by atoms with E-state index in [0.717, 1.165) is 22.6 Å². The summed E-state index contributed by atoms with van der Waals surface area (Å²) in [5.74, 6) is 1.69. The third-order valence-electron chi connectivity index (χ3n) is 3.15. The molecule has 100 valence electrons. The van der Waals surface area contributed by atoms with Crippen LogP contribution in [0.2, 0.25) is 0 Å². The summed E-state index contributed by atoms with van der Waals surface area (Å²) < 4.78 is 5.50. The maximum Gasteiger partial charge on any atom is 0.254 e. The molecule has 19 heavy (non-hydrogen) atoms. The van der Waals surface area contributed by atoms with Gasteiger partial charge >= 0.3 is 0 Å². The minimum absolute atomic E-state index is 0.0200. The van der Waals surface area contributed by atoms with Crippen LogP contribution in [0.4, 0.5) is 0 Å². The molecule has 0 atom stereocenters. The predicted molar refractivity (Wildman–Crippen MR) is 75.2 cm³/mol. The van der Waals surface area contributed by atoms with Crippen LogP contribution in [-0.4, -0.2) is 17.9 Å². The fraction of sp³-hybridized carbons (Fsp3) is 0.312. The van der Waals surface area contributed by atoms with Crippen LogP contribution >= 0.6 is 0 Å². The molecule has 0 aliphatic rings. The first-order valence-electron chi connectivity index (χ1n) is 6.35. The minimum atomic E-state index is 0.0200. The fourth-order valence-corrected chi connectivity index (χ4v) is 2.13. The van der Waals surface area contributed by atoms with Gasteiger partial charge in [-0.2, -0.15) is 0 Å². The van der Waals surface area contributed by atoms with Crippen molar-refractivity contribution in [2.24, 2.45) is 0 Å². The van der Waals surface area contributed by atoms with Gasteiger partial charge in [0.15, 0.2) is 0 Å². The van der Waals surface area contributed by atoms with E-state index in [1.165, 1.54) is 5.56 Å². The lowest BCUT2D eigenvalue weighted by molar-refractivity contribution is 0.0774. The van der Waals surface area contributed by atoms with Crippen LogP contribution in [0.5, 0.6) is 0 Å². The molecule has 2 aromatic rings. The van der Waals surface area contributed by atoms with Crippen LogP contribution in [0, 0.1) is 20.8 Å². The Hall–Kier alpha value is -2.03. The van der Waals surface area contributed by atoms with E-state index in [4.69, 9.17) is 4.42 Å². The largest absolute Gasteiger partial charge is 0.464 e. The summed E-state index contributed by atoms with van der Waals surface area (Å²) in [5, 5.41) is 0. The zero-order valence-electron chi connectivity index (χ0n) is 11.9. The van der Waals surface area contributed by atoms with E-state index < -0.39 is 0 Å². The SMILES string of the molecule is Cc1ccc(C(=O)N(C)Cc2ccc(C)o2)c(C)c1. The smallest absolute Gasteiger partial charge is 0.254 e. The molecule has 0 N–H and O–H groups in total. The number of rotatable bonds is 3. The molecular formula is C16H19NO2. The quantitative estimate of drug-likeness (QED) is 0.843. The van der Waals surface area contributed by atoms with Crippen LogP contribution in [0.15, 0.2) is 34.7 Å². The Morgan fingerprint density at radius 2 is 1.89 bits per heavy atom. The van der Waals surface area contributed by atoms with Crippen molar-refractivity contribution in [2.45, 2.75) is 27.3 Å². The van der Waals surface area contributed by atoms with E-state index in [2.05, 4.69) is 0 Å². The summed E-state index contributed by atoms with van der Waals surface area (Å²) in [6.07, 6.45) is 0. The van der Waals surface area contributed by atoms with Crippen molar-refractivity contribution < 1.29 is 9.21 Å². The van der Waals surface area contributed by atoms with E-state index >= 15 is 0 Å². The van der Waals surface area contributed by atoms with Crippen LogP contribution in [0.25, 0.3) is 0 Å². The number of hydrogen-bond donors (Lipinski definition) is 0. The number of nitrogens with zero attached hydrogens (tertiary/aromatic N) is 1. The minimum Gasteiger partial charge on any atom is -0.464 e. The third kappa shape index (κ3) is 3.05. The van der Waals surface area contributed by atoms with Crippen LogP contribution < -0.4 is 0 Å². The number of amides is 1. The monoisotopic (exact) mass is 257 g/mol. The number of carbonyl (C=O) groups is 1. The number of carbonyl (C=O) groups excluding carboxylic acids is 1. The summed E-state index contributed by atoms with van der Waals surface area (Å²) in [7, 11) is 1.79. The zero-order valence-corrected chi connectivity index (χ0v) is 11.9. The Kier molecular flexibility index (Phi) is 3.74. The van der Waals surface area contributed by atoms with Crippen molar-refractivity contribution in [1.82, 2.24) is 4.90 Å². The molecule has 0 fully saturated rings. The molecule has 0 aliphatic carbocycles. The van der Waals surface area contributed by atoms with Gasteiger partial charge in [0.2, 0.25) is 0 Å².